The maximum atomic E-state index is 12.4. The van der Waals surface area contributed by atoms with Crippen molar-refractivity contribution in [3.8, 4) is 0 Å². The monoisotopic (exact) mass is 348 g/mol. The van der Waals surface area contributed by atoms with Crippen LogP contribution in [0.15, 0.2) is 40.3 Å². The van der Waals surface area contributed by atoms with Crippen molar-refractivity contribution in [3.63, 3.8) is 0 Å². The Hall–Kier alpha value is -1.63. The molecule has 1 aliphatic rings. The number of thiophene rings is 1. The standard InChI is InChI=1S/C18H24N2O3S/c1-14(17-7-3-9-23-17)19-18(21)13-20(11-15-5-2-8-22-15)12-16-6-4-10-24-16/h3-4,6-7,9-10,14-15H,2,5,8,11-13H2,1H3,(H,19,21)/t14-,15+/m0/s1. The van der Waals surface area contributed by atoms with Gasteiger partial charge in [0.1, 0.15) is 5.76 Å². The van der Waals surface area contributed by atoms with Gasteiger partial charge in [-0.05, 0) is 43.3 Å². The maximum Gasteiger partial charge on any atom is 0.234 e. The molecule has 0 aromatic carbocycles. The minimum atomic E-state index is -0.126. The van der Waals surface area contributed by atoms with E-state index in [1.54, 1.807) is 17.6 Å². The molecule has 5 nitrogen and oxygen atoms in total. The van der Waals surface area contributed by atoms with E-state index in [9.17, 15) is 4.79 Å². The van der Waals surface area contributed by atoms with Crippen LogP contribution >= 0.6 is 11.3 Å². The van der Waals surface area contributed by atoms with E-state index in [0.29, 0.717) is 6.54 Å². The SMILES string of the molecule is C[C@H](NC(=O)CN(Cc1cccs1)C[C@H]1CCCO1)c1ccco1. The molecule has 3 heterocycles. The van der Waals surface area contributed by atoms with Crippen molar-refractivity contribution in [3.05, 3.63) is 46.5 Å². The normalized spacial score (nSPS) is 18.8. The smallest absolute Gasteiger partial charge is 0.234 e. The molecule has 24 heavy (non-hydrogen) atoms. The van der Waals surface area contributed by atoms with Gasteiger partial charge in [-0.25, -0.2) is 0 Å². The Morgan fingerprint density at radius 1 is 1.46 bits per heavy atom. The molecule has 0 saturated carbocycles. The molecule has 2 atom stereocenters. The molecule has 0 spiro atoms. The number of nitrogens with one attached hydrogen (secondary N) is 1. The quantitative estimate of drug-likeness (QED) is 0.796. The molecule has 2 aromatic heterocycles. The first-order chi connectivity index (χ1) is 11.7. The van der Waals surface area contributed by atoms with E-state index in [1.165, 1.54) is 4.88 Å². The van der Waals surface area contributed by atoms with Crippen LogP contribution < -0.4 is 5.32 Å². The van der Waals surface area contributed by atoms with E-state index in [-0.39, 0.29) is 18.1 Å². The lowest BCUT2D eigenvalue weighted by Crippen LogP contribution is -2.41. The first-order valence-corrected chi connectivity index (χ1v) is 9.28. The van der Waals surface area contributed by atoms with Crippen LogP contribution in [0.4, 0.5) is 0 Å². The molecule has 2 aromatic rings. The second-order valence-electron chi connectivity index (χ2n) is 6.19. The van der Waals surface area contributed by atoms with Crippen LogP contribution in [-0.4, -0.2) is 36.6 Å². The second kappa shape index (κ2) is 8.46. The van der Waals surface area contributed by atoms with Gasteiger partial charge in [-0.1, -0.05) is 6.07 Å². The minimum Gasteiger partial charge on any atom is -0.467 e. The summed E-state index contributed by atoms with van der Waals surface area (Å²) in [5.74, 6) is 0.778. The predicted molar refractivity (Wildman–Crippen MR) is 93.8 cm³/mol. The number of amides is 1. The van der Waals surface area contributed by atoms with E-state index in [0.717, 1.165) is 38.3 Å². The number of ether oxygens (including phenoxy) is 1. The van der Waals surface area contributed by atoms with Gasteiger partial charge in [-0.3, -0.25) is 9.69 Å². The van der Waals surface area contributed by atoms with Crippen LogP contribution in [0.25, 0.3) is 0 Å². The summed E-state index contributed by atoms with van der Waals surface area (Å²) in [5.41, 5.74) is 0. The van der Waals surface area contributed by atoms with Crippen molar-refractivity contribution in [1.82, 2.24) is 10.2 Å². The number of hydrogen-bond donors (Lipinski definition) is 1. The van der Waals surface area contributed by atoms with E-state index in [1.807, 2.05) is 25.1 Å². The summed E-state index contributed by atoms with van der Waals surface area (Å²) in [6, 6.07) is 7.73. The molecule has 0 radical (unpaired) electrons. The first kappa shape index (κ1) is 17.2. The third-order valence-corrected chi connectivity index (χ3v) is 5.02. The highest BCUT2D eigenvalue weighted by atomic mass is 32.1. The Morgan fingerprint density at radius 2 is 2.38 bits per heavy atom. The van der Waals surface area contributed by atoms with Gasteiger partial charge in [-0.2, -0.15) is 0 Å². The number of nitrogens with zero attached hydrogens (tertiary/aromatic N) is 1. The van der Waals surface area contributed by atoms with Crippen LogP contribution in [-0.2, 0) is 16.1 Å². The second-order valence-corrected chi connectivity index (χ2v) is 7.22. The average Bonchev–Trinajstić information content (AvgIpc) is 3.31. The van der Waals surface area contributed by atoms with Crippen LogP contribution in [0.1, 0.15) is 36.4 Å². The van der Waals surface area contributed by atoms with Gasteiger partial charge < -0.3 is 14.5 Å². The molecule has 3 rings (SSSR count). The molecule has 0 bridgehead atoms. The summed E-state index contributed by atoms with van der Waals surface area (Å²) in [6.07, 6.45) is 4.04. The molecule has 1 fully saturated rings. The van der Waals surface area contributed by atoms with Crippen molar-refractivity contribution in [2.45, 2.75) is 38.5 Å². The molecule has 1 saturated heterocycles. The molecule has 0 aliphatic carbocycles. The highest BCUT2D eigenvalue weighted by molar-refractivity contribution is 7.09. The summed E-state index contributed by atoms with van der Waals surface area (Å²) in [7, 11) is 0. The van der Waals surface area contributed by atoms with Gasteiger partial charge in [0.15, 0.2) is 0 Å². The van der Waals surface area contributed by atoms with Gasteiger partial charge in [0.05, 0.1) is 25.0 Å². The van der Waals surface area contributed by atoms with Crippen LogP contribution in [0.2, 0.25) is 0 Å². The Bertz CT molecular complexity index is 606. The minimum absolute atomic E-state index is 0.00783. The lowest BCUT2D eigenvalue weighted by molar-refractivity contribution is -0.123. The Kier molecular flexibility index (Phi) is 6.07. The van der Waals surface area contributed by atoms with Crippen molar-refractivity contribution >= 4 is 17.2 Å². The fourth-order valence-corrected chi connectivity index (χ4v) is 3.73. The van der Waals surface area contributed by atoms with Crippen LogP contribution in [0.5, 0.6) is 0 Å². The molecule has 6 heteroatoms. The summed E-state index contributed by atoms with van der Waals surface area (Å²) in [5, 5.41) is 5.07. The van der Waals surface area contributed by atoms with E-state index in [2.05, 4.69) is 21.7 Å². The van der Waals surface area contributed by atoms with Gasteiger partial charge >= 0.3 is 0 Å². The molecule has 1 N–H and O–H groups in total. The fraction of sp³-hybridized carbons (Fsp3) is 0.500. The molecular formula is C18H24N2O3S. The number of furan rings is 1. The lowest BCUT2D eigenvalue weighted by atomic mass is 10.2. The molecule has 1 aliphatic heterocycles. The van der Waals surface area contributed by atoms with E-state index < -0.39 is 0 Å². The third-order valence-electron chi connectivity index (χ3n) is 4.16. The zero-order valence-electron chi connectivity index (χ0n) is 13.9. The van der Waals surface area contributed by atoms with E-state index in [4.69, 9.17) is 9.15 Å². The topological polar surface area (TPSA) is 54.7 Å². The van der Waals surface area contributed by atoms with Crippen LogP contribution in [0, 0.1) is 0 Å². The molecule has 130 valence electrons. The largest absolute Gasteiger partial charge is 0.467 e. The fourth-order valence-electron chi connectivity index (χ4n) is 2.98. The van der Waals surface area contributed by atoms with Crippen molar-refractivity contribution in [1.29, 1.82) is 0 Å². The van der Waals surface area contributed by atoms with Gasteiger partial charge in [0.2, 0.25) is 5.91 Å². The number of hydrogen-bond acceptors (Lipinski definition) is 5. The van der Waals surface area contributed by atoms with Crippen molar-refractivity contribution < 1.29 is 13.9 Å². The summed E-state index contributed by atoms with van der Waals surface area (Å²) in [4.78, 5) is 15.9. The highest BCUT2D eigenvalue weighted by Crippen LogP contribution is 2.17. The molecule has 1 amide bonds. The van der Waals surface area contributed by atoms with Crippen LogP contribution in [0.3, 0.4) is 0 Å². The number of rotatable bonds is 8. The highest BCUT2D eigenvalue weighted by Gasteiger charge is 2.22. The lowest BCUT2D eigenvalue weighted by Gasteiger charge is -2.24. The summed E-state index contributed by atoms with van der Waals surface area (Å²) >= 11 is 1.72. The third kappa shape index (κ3) is 4.93. The van der Waals surface area contributed by atoms with Crippen molar-refractivity contribution in [2.24, 2.45) is 0 Å². The molecular weight excluding hydrogens is 324 g/mol. The van der Waals surface area contributed by atoms with Crippen molar-refractivity contribution in [2.75, 3.05) is 19.7 Å². The summed E-state index contributed by atoms with van der Waals surface area (Å²) in [6.45, 7) is 4.70. The predicted octanol–water partition coefficient (Wildman–Crippen LogP) is 3.20. The van der Waals surface area contributed by atoms with Gasteiger partial charge in [0.25, 0.3) is 0 Å². The zero-order chi connectivity index (χ0) is 16.8. The zero-order valence-corrected chi connectivity index (χ0v) is 14.8. The molecule has 0 unspecified atom stereocenters. The number of carbonyl (C=O) groups is 1. The van der Waals surface area contributed by atoms with Gasteiger partial charge in [-0.15, -0.1) is 11.3 Å². The Labute approximate surface area is 146 Å². The van der Waals surface area contributed by atoms with Gasteiger partial charge in [0, 0.05) is 24.6 Å². The van der Waals surface area contributed by atoms with E-state index >= 15 is 0 Å². The first-order valence-electron chi connectivity index (χ1n) is 8.40. The maximum absolute atomic E-state index is 12.4. The summed E-state index contributed by atoms with van der Waals surface area (Å²) < 4.78 is 11.1. The average molecular weight is 348 g/mol. The Balaban J connectivity index is 1.56. The number of carbonyl (C=O) groups excluding carboxylic acids is 1. The Morgan fingerprint density at radius 3 is 3.04 bits per heavy atom.